The lowest BCUT2D eigenvalue weighted by atomic mass is 10.1. The smallest absolute Gasteiger partial charge is 0.165 e. The molecule has 1 heterocycles. The summed E-state index contributed by atoms with van der Waals surface area (Å²) in [5.41, 5.74) is 6.50. The number of likely N-dealkylation sites (tertiary alicyclic amines) is 1. The Morgan fingerprint density at radius 2 is 2.11 bits per heavy atom. The summed E-state index contributed by atoms with van der Waals surface area (Å²) in [5, 5.41) is 0. The molecule has 106 valence electrons. The van der Waals surface area contributed by atoms with Gasteiger partial charge in [0.05, 0.1) is 6.61 Å². The second-order valence-electron chi connectivity index (χ2n) is 5.23. The molecule has 0 bridgehead atoms. The molecule has 0 saturated carbocycles. The molecular weight excluding hydrogens is 243 g/mol. The largest absolute Gasteiger partial charge is 0.490 e. The fourth-order valence-electron chi connectivity index (χ4n) is 2.39. The highest BCUT2D eigenvalue weighted by Gasteiger charge is 2.11. The van der Waals surface area contributed by atoms with Crippen LogP contribution < -0.4 is 10.5 Å². The van der Waals surface area contributed by atoms with Gasteiger partial charge in [0.25, 0.3) is 0 Å². The van der Waals surface area contributed by atoms with Gasteiger partial charge < -0.3 is 15.4 Å². The second kappa shape index (κ2) is 6.87. The minimum atomic E-state index is -0.323. The van der Waals surface area contributed by atoms with Crippen molar-refractivity contribution in [1.29, 1.82) is 0 Å². The maximum atomic E-state index is 13.7. The van der Waals surface area contributed by atoms with Crippen LogP contribution in [0.3, 0.4) is 0 Å². The van der Waals surface area contributed by atoms with Crippen molar-refractivity contribution in [2.75, 3.05) is 26.2 Å². The summed E-state index contributed by atoms with van der Waals surface area (Å²) in [5.74, 6) is 0.00166. The van der Waals surface area contributed by atoms with Crippen molar-refractivity contribution in [1.82, 2.24) is 4.90 Å². The van der Waals surface area contributed by atoms with Gasteiger partial charge in [-0.3, -0.25) is 0 Å². The average molecular weight is 266 g/mol. The molecule has 4 heteroatoms. The number of rotatable bonds is 6. The van der Waals surface area contributed by atoms with Gasteiger partial charge in [-0.2, -0.15) is 0 Å². The topological polar surface area (TPSA) is 38.5 Å². The van der Waals surface area contributed by atoms with E-state index in [9.17, 15) is 4.39 Å². The van der Waals surface area contributed by atoms with E-state index in [4.69, 9.17) is 10.5 Å². The van der Waals surface area contributed by atoms with Crippen LogP contribution in [0.4, 0.5) is 4.39 Å². The molecule has 2 N–H and O–H groups in total. The number of benzene rings is 1. The van der Waals surface area contributed by atoms with Crippen molar-refractivity contribution in [2.24, 2.45) is 5.73 Å². The van der Waals surface area contributed by atoms with E-state index in [-0.39, 0.29) is 11.9 Å². The molecule has 0 amide bonds. The fraction of sp³-hybridized carbons (Fsp3) is 0.600. The summed E-state index contributed by atoms with van der Waals surface area (Å²) in [4.78, 5) is 2.43. The number of nitrogens with two attached hydrogens (primary N) is 1. The molecular formula is C15H23FN2O. The Hall–Kier alpha value is -1.13. The van der Waals surface area contributed by atoms with Crippen molar-refractivity contribution in [3.8, 4) is 5.75 Å². The minimum absolute atomic E-state index is 0.154. The van der Waals surface area contributed by atoms with E-state index in [0.717, 1.165) is 18.5 Å². The van der Waals surface area contributed by atoms with Crippen LogP contribution in [-0.2, 0) is 0 Å². The van der Waals surface area contributed by atoms with Gasteiger partial charge >= 0.3 is 0 Å². The maximum absolute atomic E-state index is 13.7. The molecule has 1 aromatic carbocycles. The van der Waals surface area contributed by atoms with Crippen molar-refractivity contribution < 1.29 is 9.13 Å². The molecule has 2 rings (SSSR count). The SMILES string of the molecule is C[C@@H](N)c1ccc(OCCCN2CCCC2)c(F)c1. The van der Waals surface area contributed by atoms with E-state index >= 15 is 0 Å². The lowest BCUT2D eigenvalue weighted by molar-refractivity contribution is 0.255. The standard InChI is InChI=1S/C15H23FN2O/c1-12(17)13-5-6-15(14(16)11-13)19-10-4-9-18-7-2-3-8-18/h5-6,11-12H,2-4,7-10,17H2,1H3/t12-/m1/s1. The summed E-state index contributed by atoms with van der Waals surface area (Å²) >= 11 is 0. The van der Waals surface area contributed by atoms with Crippen molar-refractivity contribution in [3.05, 3.63) is 29.6 Å². The molecule has 3 nitrogen and oxygen atoms in total. The van der Waals surface area contributed by atoms with E-state index in [2.05, 4.69) is 4.90 Å². The number of nitrogens with zero attached hydrogens (tertiary/aromatic N) is 1. The van der Waals surface area contributed by atoms with Gasteiger partial charge in [0.15, 0.2) is 11.6 Å². The number of halogens is 1. The summed E-state index contributed by atoms with van der Waals surface area (Å²) in [6, 6.07) is 4.80. The number of hydrogen-bond donors (Lipinski definition) is 1. The first-order valence-corrected chi connectivity index (χ1v) is 7.07. The highest BCUT2D eigenvalue weighted by atomic mass is 19.1. The molecule has 1 atom stereocenters. The predicted molar refractivity (Wildman–Crippen MR) is 74.8 cm³/mol. The van der Waals surface area contributed by atoms with Crippen LogP contribution in [0.15, 0.2) is 18.2 Å². The van der Waals surface area contributed by atoms with Crippen molar-refractivity contribution >= 4 is 0 Å². The summed E-state index contributed by atoms with van der Waals surface area (Å²) in [6.45, 7) is 5.82. The molecule has 1 aliphatic rings. The third kappa shape index (κ3) is 4.18. The van der Waals surface area contributed by atoms with Gasteiger partial charge in [0.2, 0.25) is 0 Å². The predicted octanol–water partition coefficient (Wildman–Crippen LogP) is 2.71. The summed E-state index contributed by atoms with van der Waals surface area (Å²) in [6.07, 6.45) is 3.54. The maximum Gasteiger partial charge on any atom is 0.165 e. The Labute approximate surface area is 114 Å². The molecule has 19 heavy (non-hydrogen) atoms. The van der Waals surface area contributed by atoms with Gasteiger partial charge in [0, 0.05) is 12.6 Å². The van der Waals surface area contributed by atoms with Crippen LogP contribution in [0.1, 0.15) is 37.8 Å². The van der Waals surface area contributed by atoms with Gasteiger partial charge in [-0.25, -0.2) is 4.39 Å². The third-order valence-electron chi connectivity index (χ3n) is 3.56. The second-order valence-corrected chi connectivity index (χ2v) is 5.23. The van der Waals surface area contributed by atoms with Gasteiger partial charge in [0.1, 0.15) is 0 Å². The highest BCUT2D eigenvalue weighted by molar-refractivity contribution is 5.30. The lowest BCUT2D eigenvalue weighted by Crippen LogP contribution is -2.22. The molecule has 0 aromatic heterocycles. The average Bonchev–Trinajstić information content (AvgIpc) is 2.89. The number of hydrogen-bond acceptors (Lipinski definition) is 3. The zero-order chi connectivity index (χ0) is 13.7. The Kier molecular flexibility index (Phi) is 5.16. The van der Waals surface area contributed by atoms with Crippen molar-refractivity contribution in [3.63, 3.8) is 0 Å². The Morgan fingerprint density at radius 3 is 2.74 bits per heavy atom. The normalized spacial score (nSPS) is 17.6. The van der Waals surface area contributed by atoms with Crippen LogP contribution in [0, 0.1) is 5.82 Å². The van der Waals surface area contributed by atoms with E-state index in [0.29, 0.717) is 12.4 Å². The molecule has 0 radical (unpaired) electrons. The first kappa shape index (κ1) is 14.3. The Bertz CT molecular complexity index is 403. The van der Waals surface area contributed by atoms with Gasteiger partial charge in [-0.15, -0.1) is 0 Å². The zero-order valence-electron chi connectivity index (χ0n) is 11.6. The van der Waals surface area contributed by atoms with Crippen LogP contribution in [0.25, 0.3) is 0 Å². The molecule has 0 aliphatic carbocycles. The highest BCUT2D eigenvalue weighted by Crippen LogP contribution is 2.21. The van der Waals surface area contributed by atoms with E-state index in [1.807, 2.05) is 13.0 Å². The quantitative estimate of drug-likeness (QED) is 0.805. The fourth-order valence-corrected chi connectivity index (χ4v) is 2.39. The van der Waals surface area contributed by atoms with Crippen LogP contribution >= 0.6 is 0 Å². The Balaban J connectivity index is 1.76. The first-order chi connectivity index (χ1) is 9.16. The monoisotopic (exact) mass is 266 g/mol. The molecule has 0 unspecified atom stereocenters. The molecule has 1 fully saturated rings. The van der Waals surface area contributed by atoms with Crippen LogP contribution in [-0.4, -0.2) is 31.1 Å². The summed E-state index contributed by atoms with van der Waals surface area (Å²) in [7, 11) is 0. The molecule has 1 aromatic rings. The zero-order valence-corrected chi connectivity index (χ0v) is 11.6. The summed E-state index contributed by atoms with van der Waals surface area (Å²) < 4.78 is 19.2. The van der Waals surface area contributed by atoms with Crippen LogP contribution in [0.2, 0.25) is 0 Å². The number of ether oxygens (including phenoxy) is 1. The van der Waals surface area contributed by atoms with Gasteiger partial charge in [-0.1, -0.05) is 6.07 Å². The molecule has 0 spiro atoms. The molecule has 1 aliphatic heterocycles. The lowest BCUT2D eigenvalue weighted by Gasteiger charge is -2.15. The first-order valence-electron chi connectivity index (χ1n) is 7.07. The minimum Gasteiger partial charge on any atom is -0.490 e. The van der Waals surface area contributed by atoms with E-state index < -0.39 is 0 Å². The van der Waals surface area contributed by atoms with Crippen LogP contribution in [0.5, 0.6) is 5.75 Å². The Morgan fingerprint density at radius 1 is 1.37 bits per heavy atom. The van der Waals surface area contributed by atoms with E-state index in [1.165, 1.54) is 32.0 Å². The molecule has 1 saturated heterocycles. The van der Waals surface area contributed by atoms with Gasteiger partial charge in [-0.05, 0) is 57.0 Å². The van der Waals surface area contributed by atoms with E-state index in [1.54, 1.807) is 6.07 Å². The third-order valence-corrected chi connectivity index (χ3v) is 3.56. The van der Waals surface area contributed by atoms with Crippen molar-refractivity contribution in [2.45, 2.75) is 32.2 Å².